The van der Waals surface area contributed by atoms with Crippen LogP contribution in [0.4, 0.5) is 0 Å². The lowest BCUT2D eigenvalue weighted by molar-refractivity contribution is 1.05. The molecule has 1 heterocycles. The molecular weight excluding hydrogens is 255 g/mol. The van der Waals surface area contributed by atoms with Crippen LogP contribution in [0.2, 0.25) is 10.2 Å². The Labute approximate surface area is 110 Å². The molecule has 2 nitrogen and oxygen atoms in total. The van der Waals surface area contributed by atoms with Gasteiger partial charge in [0.05, 0.1) is 0 Å². The fourth-order valence-corrected chi connectivity index (χ4v) is 2.10. The van der Waals surface area contributed by atoms with Crippen LogP contribution in [0, 0.1) is 6.92 Å². The molecule has 0 unspecified atom stereocenters. The van der Waals surface area contributed by atoms with Crippen LogP contribution in [0.5, 0.6) is 0 Å². The molecule has 88 valence electrons. The van der Waals surface area contributed by atoms with Crippen molar-refractivity contribution in [2.24, 2.45) is 5.73 Å². The third-order valence-corrected chi connectivity index (χ3v) is 3.35. The van der Waals surface area contributed by atoms with Crippen molar-refractivity contribution in [1.82, 2.24) is 4.98 Å². The Morgan fingerprint density at radius 3 is 2.71 bits per heavy atom. The van der Waals surface area contributed by atoms with Crippen molar-refractivity contribution in [3.63, 3.8) is 0 Å². The number of halogens is 2. The van der Waals surface area contributed by atoms with Gasteiger partial charge in [-0.25, -0.2) is 4.98 Å². The summed E-state index contributed by atoms with van der Waals surface area (Å²) in [5.41, 5.74) is 9.72. The van der Waals surface area contributed by atoms with E-state index in [1.54, 1.807) is 6.20 Å². The number of hydrogen-bond donors (Lipinski definition) is 1. The number of benzene rings is 1. The second-order valence-electron chi connectivity index (χ2n) is 3.78. The molecule has 0 aliphatic heterocycles. The fraction of sp³-hybridized carbons (Fsp3) is 0.154. The number of aromatic nitrogens is 1. The standard InChI is InChI=1S/C13H12Cl2N2/c1-8-10(3-2-4-12(8)14)11-5-13(15)17-7-9(11)6-16/h2-5,7H,6,16H2,1H3. The molecule has 0 aliphatic carbocycles. The van der Waals surface area contributed by atoms with E-state index in [0.29, 0.717) is 11.7 Å². The van der Waals surface area contributed by atoms with E-state index in [0.717, 1.165) is 27.3 Å². The van der Waals surface area contributed by atoms with Crippen LogP contribution in [-0.2, 0) is 6.54 Å². The van der Waals surface area contributed by atoms with Crippen molar-refractivity contribution < 1.29 is 0 Å². The van der Waals surface area contributed by atoms with Gasteiger partial charge in [0.2, 0.25) is 0 Å². The highest BCUT2D eigenvalue weighted by atomic mass is 35.5. The quantitative estimate of drug-likeness (QED) is 0.840. The molecule has 0 saturated heterocycles. The van der Waals surface area contributed by atoms with Gasteiger partial charge in [-0.05, 0) is 41.3 Å². The molecule has 1 aromatic carbocycles. The Bertz CT molecular complexity index is 553. The summed E-state index contributed by atoms with van der Waals surface area (Å²) in [6.45, 7) is 2.40. The van der Waals surface area contributed by atoms with Gasteiger partial charge < -0.3 is 5.73 Å². The molecule has 1 aromatic heterocycles. The second-order valence-corrected chi connectivity index (χ2v) is 4.58. The third kappa shape index (κ3) is 2.44. The van der Waals surface area contributed by atoms with Crippen molar-refractivity contribution in [3.8, 4) is 11.1 Å². The minimum atomic E-state index is 0.422. The number of pyridine rings is 1. The highest BCUT2D eigenvalue weighted by Crippen LogP contribution is 2.31. The summed E-state index contributed by atoms with van der Waals surface area (Å²) in [4.78, 5) is 4.04. The van der Waals surface area contributed by atoms with Gasteiger partial charge in [-0.15, -0.1) is 0 Å². The summed E-state index contributed by atoms with van der Waals surface area (Å²) in [6.07, 6.45) is 1.71. The van der Waals surface area contributed by atoms with Crippen molar-refractivity contribution >= 4 is 23.2 Å². The molecule has 2 N–H and O–H groups in total. The molecule has 4 heteroatoms. The third-order valence-electron chi connectivity index (χ3n) is 2.73. The molecule has 0 fully saturated rings. The van der Waals surface area contributed by atoms with Crippen molar-refractivity contribution in [2.45, 2.75) is 13.5 Å². The normalized spacial score (nSPS) is 10.6. The van der Waals surface area contributed by atoms with Crippen LogP contribution in [0.1, 0.15) is 11.1 Å². The van der Waals surface area contributed by atoms with Gasteiger partial charge in [-0.3, -0.25) is 0 Å². The van der Waals surface area contributed by atoms with Crippen molar-refractivity contribution in [1.29, 1.82) is 0 Å². The molecule has 0 amide bonds. The average molecular weight is 267 g/mol. The number of hydrogen-bond acceptors (Lipinski definition) is 2. The van der Waals surface area contributed by atoms with Crippen LogP contribution in [-0.4, -0.2) is 4.98 Å². The molecule has 0 spiro atoms. The summed E-state index contributed by atoms with van der Waals surface area (Å²) in [5.74, 6) is 0. The van der Waals surface area contributed by atoms with Gasteiger partial charge in [0.1, 0.15) is 5.15 Å². The van der Waals surface area contributed by atoms with E-state index in [1.165, 1.54) is 0 Å². The van der Waals surface area contributed by atoms with Crippen molar-refractivity contribution in [2.75, 3.05) is 0 Å². The maximum absolute atomic E-state index is 6.12. The topological polar surface area (TPSA) is 38.9 Å². The number of nitrogens with zero attached hydrogens (tertiary/aromatic N) is 1. The molecule has 2 rings (SSSR count). The first-order valence-corrected chi connectivity index (χ1v) is 5.99. The van der Waals surface area contributed by atoms with Crippen LogP contribution in [0.3, 0.4) is 0 Å². The van der Waals surface area contributed by atoms with E-state index in [2.05, 4.69) is 4.98 Å². The summed E-state index contributed by atoms with van der Waals surface area (Å²) in [6, 6.07) is 7.61. The maximum atomic E-state index is 6.12. The average Bonchev–Trinajstić information content (AvgIpc) is 2.33. The van der Waals surface area contributed by atoms with E-state index < -0.39 is 0 Å². The largest absolute Gasteiger partial charge is 0.326 e. The molecule has 17 heavy (non-hydrogen) atoms. The van der Waals surface area contributed by atoms with Crippen LogP contribution in [0.25, 0.3) is 11.1 Å². The molecule has 0 radical (unpaired) electrons. The van der Waals surface area contributed by atoms with Gasteiger partial charge in [0, 0.05) is 17.8 Å². The predicted octanol–water partition coefficient (Wildman–Crippen LogP) is 3.82. The second kappa shape index (κ2) is 5.05. The van der Waals surface area contributed by atoms with E-state index in [4.69, 9.17) is 28.9 Å². The Kier molecular flexibility index (Phi) is 3.67. The fourth-order valence-electron chi connectivity index (χ4n) is 1.77. The maximum Gasteiger partial charge on any atom is 0.129 e. The zero-order chi connectivity index (χ0) is 12.4. The lowest BCUT2D eigenvalue weighted by Crippen LogP contribution is -2.01. The molecular formula is C13H12Cl2N2. The molecule has 0 aliphatic rings. The predicted molar refractivity (Wildman–Crippen MR) is 72.3 cm³/mol. The van der Waals surface area contributed by atoms with Gasteiger partial charge in [-0.2, -0.15) is 0 Å². The van der Waals surface area contributed by atoms with E-state index in [-0.39, 0.29) is 0 Å². The minimum absolute atomic E-state index is 0.422. The lowest BCUT2D eigenvalue weighted by Gasteiger charge is -2.11. The van der Waals surface area contributed by atoms with Crippen LogP contribution >= 0.6 is 23.2 Å². The highest BCUT2D eigenvalue weighted by Gasteiger charge is 2.10. The highest BCUT2D eigenvalue weighted by molar-refractivity contribution is 6.32. The molecule has 0 saturated carbocycles. The minimum Gasteiger partial charge on any atom is -0.326 e. The van der Waals surface area contributed by atoms with E-state index in [1.807, 2.05) is 31.2 Å². The Morgan fingerprint density at radius 2 is 2.00 bits per heavy atom. The van der Waals surface area contributed by atoms with E-state index in [9.17, 15) is 0 Å². The lowest BCUT2D eigenvalue weighted by atomic mass is 9.97. The number of nitrogens with two attached hydrogens (primary N) is 1. The summed E-state index contributed by atoms with van der Waals surface area (Å²) in [7, 11) is 0. The van der Waals surface area contributed by atoms with Gasteiger partial charge in [0.15, 0.2) is 0 Å². The molecule has 0 bridgehead atoms. The summed E-state index contributed by atoms with van der Waals surface area (Å²) >= 11 is 12.1. The zero-order valence-corrected chi connectivity index (χ0v) is 10.9. The Hall–Kier alpha value is -1.09. The van der Waals surface area contributed by atoms with E-state index >= 15 is 0 Å². The Morgan fingerprint density at radius 1 is 1.24 bits per heavy atom. The first-order valence-electron chi connectivity index (χ1n) is 5.23. The number of rotatable bonds is 2. The molecule has 0 atom stereocenters. The van der Waals surface area contributed by atoms with Gasteiger partial charge in [0.25, 0.3) is 0 Å². The van der Waals surface area contributed by atoms with Gasteiger partial charge in [-0.1, -0.05) is 35.3 Å². The first-order chi connectivity index (χ1) is 8.13. The van der Waals surface area contributed by atoms with Crippen LogP contribution < -0.4 is 5.73 Å². The Balaban J connectivity index is 2.67. The van der Waals surface area contributed by atoms with Gasteiger partial charge >= 0.3 is 0 Å². The SMILES string of the molecule is Cc1c(Cl)cccc1-c1cc(Cl)ncc1CN. The smallest absolute Gasteiger partial charge is 0.129 e. The first kappa shape index (κ1) is 12.4. The van der Waals surface area contributed by atoms with Crippen LogP contribution in [0.15, 0.2) is 30.5 Å². The summed E-state index contributed by atoms with van der Waals surface area (Å²) in [5, 5.41) is 1.19. The molecule has 2 aromatic rings. The monoisotopic (exact) mass is 266 g/mol. The zero-order valence-electron chi connectivity index (χ0n) is 9.37. The van der Waals surface area contributed by atoms with Crippen molar-refractivity contribution in [3.05, 3.63) is 51.8 Å². The summed E-state index contributed by atoms with van der Waals surface area (Å²) < 4.78 is 0.